The highest BCUT2D eigenvalue weighted by atomic mass is 35.5. The van der Waals surface area contributed by atoms with Crippen LogP contribution < -0.4 is 16.8 Å². The largest absolute Gasteiger partial charge is 0.387 e. The third-order valence-corrected chi connectivity index (χ3v) is 5.72. The van der Waals surface area contributed by atoms with E-state index >= 15 is 0 Å². The van der Waals surface area contributed by atoms with Crippen LogP contribution in [0.4, 0.5) is 26.7 Å². The summed E-state index contributed by atoms with van der Waals surface area (Å²) in [6.07, 6.45) is 0. The number of fused-ring (bicyclic) bond motifs is 1. The van der Waals surface area contributed by atoms with Crippen molar-refractivity contribution >= 4 is 61.8 Å². The molecule has 0 amide bonds. The van der Waals surface area contributed by atoms with Crippen molar-refractivity contribution < 1.29 is 4.39 Å². The lowest BCUT2D eigenvalue weighted by Crippen LogP contribution is -2.03. The number of thiazole rings is 1. The number of imidazole rings is 1. The minimum atomic E-state index is -0.487. The maximum absolute atomic E-state index is 14.6. The van der Waals surface area contributed by atoms with Crippen LogP contribution in [0.3, 0.4) is 0 Å². The van der Waals surface area contributed by atoms with Crippen molar-refractivity contribution in [1.82, 2.24) is 9.38 Å². The number of nitrogen functional groups attached to an aromatic ring is 2. The predicted octanol–water partition coefficient (Wildman–Crippen LogP) is 5.73. The number of nitrogens with one attached hydrogen (secondary N) is 1. The molecule has 0 saturated heterocycles. The van der Waals surface area contributed by atoms with Crippen LogP contribution in [0.15, 0.2) is 36.4 Å². The van der Waals surface area contributed by atoms with Crippen molar-refractivity contribution in [1.29, 1.82) is 0 Å². The maximum Gasteiger partial charge on any atom is 0.199 e. The Hall–Kier alpha value is -2.48. The molecule has 4 rings (SSSR count). The molecule has 4 aromatic rings. The van der Waals surface area contributed by atoms with Gasteiger partial charge in [-0.25, -0.2) is 9.37 Å². The molecule has 0 bridgehead atoms. The molecule has 2 aromatic heterocycles. The number of nitrogens with two attached hydrogens (primary N) is 2. The van der Waals surface area contributed by atoms with Gasteiger partial charge in [0.15, 0.2) is 4.96 Å². The van der Waals surface area contributed by atoms with Gasteiger partial charge in [0.2, 0.25) is 0 Å². The van der Waals surface area contributed by atoms with Gasteiger partial charge < -0.3 is 16.8 Å². The van der Waals surface area contributed by atoms with E-state index in [1.54, 1.807) is 16.5 Å². The zero-order valence-electron chi connectivity index (χ0n) is 14.1. The summed E-state index contributed by atoms with van der Waals surface area (Å²) in [5, 5.41) is 4.43. The fraction of sp³-hybridized carbons (Fsp3) is 0.0556. The average Bonchev–Trinajstić information content (AvgIpc) is 3.08. The van der Waals surface area contributed by atoms with Gasteiger partial charge in [-0.15, -0.1) is 0 Å². The Morgan fingerprint density at radius 3 is 2.52 bits per heavy atom. The molecule has 0 fully saturated rings. The van der Waals surface area contributed by atoms with Crippen LogP contribution >= 0.6 is 34.5 Å². The number of benzene rings is 2. The Balaban J connectivity index is 2.02. The van der Waals surface area contributed by atoms with Crippen LogP contribution in [0, 0.1) is 12.7 Å². The van der Waals surface area contributed by atoms with Gasteiger partial charge in [0, 0.05) is 0 Å². The standard InChI is InChI=1S/C18H14Cl2FN5S/c1-8-4-2-6-10(20)13(8)24-17-14(12-9(19)5-3-7-11(12)21)25-18-26(17)15(22)16(23)27-18/h2-7,24H,22-23H2,1H3. The molecule has 0 spiro atoms. The monoisotopic (exact) mass is 421 g/mol. The average molecular weight is 422 g/mol. The minimum Gasteiger partial charge on any atom is -0.387 e. The highest BCUT2D eigenvalue weighted by Crippen LogP contribution is 2.42. The number of hydrogen-bond acceptors (Lipinski definition) is 5. The lowest BCUT2D eigenvalue weighted by molar-refractivity contribution is 0.631. The molecule has 5 N–H and O–H groups in total. The van der Waals surface area contributed by atoms with Gasteiger partial charge in [-0.05, 0) is 30.7 Å². The molecule has 0 unspecified atom stereocenters. The molecule has 27 heavy (non-hydrogen) atoms. The number of aryl methyl sites for hydroxylation is 1. The van der Waals surface area contributed by atoms with Crippen molar-refractivity contribution in [2.75, 3.05) is 16.8 Å². The summed E-state index contributed by atoms with van der Waals surface area (Å²) in [5.74, 6) is 0.269. The van der Waals surface area contributed by atoms with Crippen molar-refractivity contribution in [3.05, 3.63) is 57.8 Å². The van der Waals surface area contributed by atoms with E-state index in [4.69, 9.17) is 34.7 Å². The molecule has 0 aliphatic heterocycles. The number of nitrogens with zero attached hydrogens (tertiary/aromatic N) is 2. The number of aromatic nitrogens is 2. The van der Waals surface area contributed by atoms with Gasteiger partial charge >= 0.3 is 0 Å². The van der Waals surface area contributed by atoms with Crippen LogP contribution in [0.5, 0.6) is 0 Å². The van der Waals surface area contributed by atoms with E-state index in [0.717, 1.165) is 5.56 Å². The molecule has 0 aliphatic rings. The number of anilines is 4. The summed E-state index contributed by atoms with van der Waals surface area (Å²) >= 11 is 13.8. The fourth-order valence-electron chi connectivity index (χ4n) is 2.88. The highest BCUT2D eigenvalue weighted by Gasteiger charge is 2.24. The Kier molecular flexibility index (Phi) is 4.38. The van der Waals surface area contributed by atoms with Crippen LogP contribution in [-0.4, -0.2) is 9.38 Å². The number of hydrogen-bond donors (Lipinski definition) is 3. The third kappa shape index (κ3) is 2.88. The normalized spacial score (nSPS) is 11.3. The summed E-state index contributed by atoms with van der Waals surface area (Å²) < 4.78 is 16.2. The summed E-state index contributed by atoms with van der Waals surface area (Å²) in [6.45, 7) is 1.91. The van der Waals surface area contributed by atoms with Crippen molar-refractivity contribution in [2.45, 2.75) is 6.92 Å². The van der Waals surface area contributed by atoms with E-state index < -0.39 is 5.82 Å². The third-order valence-electron chi connectivity index (χ3n) is 4.21. The van der Waals surface area contributed by atoms with Gasteiger partial charge in [0.25, 0.3) is 0 Å². The highest BCUT2D eigenvalue weighted by molar-refractivity contribution is 7.21. The van der Waals surface area contributed by atoms with E-state index in [0.29, 0.717) is 38.0 Å². The van der Waals surface area contributed by atoms with Gasteiger partial charge in [0.05, 0.1) is 21.3 Å². The van der Waals surface area contributed by atoms with E-state index in [9.17, 15) is 4.39 Å². The van der Waals surface area contributed by atoms with Crippen molar-refractivity contribution in [2.24, 2.45) is 0 Å². The van der Waals surface area contributed by atoms with E-state index in [-0.39, 0.29) is 10.6 Å². The first-order valence-electron chi connectivity index (χ1n) is 7.91. The lowest BCUT2D eigenvalue weighted by Gasteiger charge is -2.14. The quantitative estimate of drug-likeness (QED) is 0.394. The van der Waals surface area contributed by atoms with Gasteiger partial charge in [0.1, 0.15) is 28.1 Å². The Morgan fingerprint density at radius 2 is 1.81 bits per heavy atom. The summed E-state index contributed by atoms with van der Waals surface area (Å²) in [4.78, 5) is 5.05. The first-order chi connectivity index (χ1) is 12.9. The molecule has 9 heteroatoms. The summed E-state index contributed by atoms with van der Waals surface area (Å²) in [7, 11) is 0. The summed E-state index contributed by atoms with van der Waals surface area (Å²) in [5.41, 5.74) is 14.2. The smallest absolute Gasteiger partial charge is 0.199 e. The Labute approximate surface area is 168 Å². The Bertz CT molecular complexity index is 1140. The second-order valence-corrected chi connectivity index (χ2v) is 7.76. The molecular weight excluding hydrogens is 408 g/mol. The topological polar surface area (TPSA) is 81.4 Å². The van der Waals surface area contributed by atoms with Crippen molar-refractivity contribution in [3.8, 4) is 11.3 Å². The first-order valence-corrected chi connectivity index (χ1v) is 9.48. The molecule has 0 aliphatic carbocycles. The second kappa shape index (κ2) is 6.60. The van der Waals surface area contributed by atoms with E-state index in [2.05, 4.69) is 10.3 Å². The number of para-hydroxylation sites is 1. The number of rotatable bonds is 3. The molecule has 2 heterocycles. The van der Waals surface area contributed by atoms with Crippen LogP contribution in [0.2, 0.25) is 10.0 Å². The first kappa shape index (κ1) is 17.9. The van der Waals surface area contributed by atoms with Gasteiger partial charge in [-0.1, -0.05) is 52.7 Å². The molecule has 0 saturated carbocycles. The molecule has 5 nitrogen and oxygen atoms in total. The van der Waals surface area contributed by atoms with Crippen LogP contribution in [0.25, 0.3) is 16.2 Å². The van der Waals surface area contributed by atoms with E-state index in [1.807, 2.05) is 19.1 Å². The van der Waals surface area contributed by atoms with Crippen molar-refractivity contribution in [3.63, 3.8) is 0 Å². The molecule has 0 radical (unpaired) electrons. The van der Waals surface area contributed by atoms with Crippen LogP contribution in [-0.2, 0) is 0 Å². The molecule has 0 atom stereocenters. The fourth-order valence-corrected chi connectivity index (χ4v) is 4.21. The number of halogens is 3. The summed E-state index contributed by atoms with van der Waals surface area (Å²) in [6, 6.07) is 9.99. The lowest BCUT2D eigenvalue weighted by atomic mass is 10.1. The second-order valence-electron chi connectivity index (χ2n) is 5.93. The predicted molar refractivity (Wildman–Crippen MR) is 112 cm³/mol. The maximum atomic E-state index is 14.6. The zero-order chi connectivity index (χ0) is 19.3. The zero-order valence-corrected chi connectivity index (χ0v) is 16.4. The SMILES string of the molecule is Cc1cccc(Cl)c1Nc1c(-c2c(F)cccc2Cl)nc2sc(N)c(N)n12. The van der Waals surface area contributed by atoms with Gasteiger partial charge in [-0.2, -0.15) is 0 Å². The van der Waals surface area contributed by atoms with Gasteiger partial charge in [-0.3, -0.25) is 4.40 Å². The molecule has 2 aromatic carbocycles. The Morgan fingerprint density at radius 1 is 1.11 bits per heavy atom. The van der Waals surface area contributed by atoms with Crippen LogP contribution in [0.1, 0.15) is 5.56 Å². The van der Waals surface area contributed by atoms with E-state index in [1.165, 1.54) is 23.5 Å². The molecule has 138 valence electrons. The molecular formula is C18H14Cl2FN5S. The minimum absolute atomic E-state index is 0.181.